The molecule has 0 bridgehead atoms. The Morgan fingerprint density at radius 2 is 1.71 bits per heavy atom. The van der Waals surface area contributed by atoms with Crippen molar-refractivity contribution in [3.63, 3.8) is 0 Å². The lowest BCUT2D eigenvalue weighted by Gasteiger charge is -2.15. The molecule has 2 aromatic heterocycles. The molecule has 0 saturated heterocycles. The van der Waals surface area contributed by atoms with Crippen LogP contribution in [0, 0.1) is 13.8 Å². The molecule has 0 unspecified atom stereocenters. The fourth-order valence-corrected chi connectivity index (χ4v) is 4.16. The number of fused-ring (bicyclic) bond motifs is 3. The van der Waals surface area contributed by atoms with Crippen LogP contribution in [0.3, 0.4) is 0 Å². The number of anilines is 1. The fourth-order valence-electron chi connectivity index (χ4n) is 4.16. The van der Waals surface area contributed by atoms with Crippen LogP contribution in [0.2, 0.25) is 0 Å². The first kappa shape index (κ1) is 21.3. The first-order chi connectivity index (χ1) is 16.4. The Hall–Kier alpha value is -4.51. The van der Waals surface area contributed by atoms with Gasteiger partial charge < -0.3 is 5.32 Å². The molecule has 34 heavy (non-hydrogen) atoms. The predicted molar refractivity (Wildman–Crippen MR) is 139 cm³/mol. The van der Waals surface area contributed by atoms with Gasteiger partial charge in [0.25, 0.3) is 5.56 Å². The summed E-state index contributed by atoms with van der Waals surface area (Å²) in [7, 11) is 0. The second-order valence-corrected chi connectivity index (χ2v) is 8.36. The summed E-state index contributed by atoms with van der Waals surface area (Å²) in [5.41, 5.74) is 6.94. The molecule has 1 N–H and O–H groups in total. The van der Waals surface area contributed by atoms with Gasteiger partial charge in [-0.15, -0.1) is 0 Å². The highest BCUT2D eigenvalue weighted by Crippen LogP contribution is 2.30. The zero-order chi connectivity index (χ0) is 23.8. The minimum absolute atomic E-state index is 0.161. The molecule has 5 rings (SSSR count). The zero-order valence-electron chi connectivity index (χ0n) is 19.0. The molecule has 0 radical (unpaired) electrons. The molecule has 0 fully saturated rings. The maximum atomic E-state index is 13.2. The van der Waals surface area contributed by atoms with Gasteiger partial charge in [-0.2, -0.15) is 0 Å². The number of aryl methyl sites for hydroxylation is 2. The summed E-state index contributed by atoms with van der Waals surface area (Å²) in [6.07, 6.45) is 3.01. The van der Waals surface area contributed by atoms with Gasteiger partial charge in [-0.1, -0.05) is 48.5 Å². The molecular formula is C29H23N3O2. The molecule has 1 amide bonds. The van der Waals surface area contributed by atoms with Crippen molar-refractivity contribution in [1.29, 1.82) is 0 Å². The number of amides is 1. The number of carbonyl (C=O) groups is 1. The van der Waals surface area contributed by atoms with Crippen LogP contribution in [0.15, 0.2) is 96.4 Å². The van der Waals surface area contributed by atoms with E-state index in [-0.39, 0.29) is 11.5 Å². The molecule has 5 heteroatoms. The number of benzene rings is 3. The largest absolute Gasteiger partial charge is 0.322 e. The molecular weight excluding hydrogens is 422 g/mol. The second kappa shape index (κ2) is 8.45. The summed E-state index contributed by atoms with van der Waals surface area (Å²) in [6, 6.07) is 23.4. The van der Waals surface area contributed by atoms with E-state index in [0.717, 1.165) is 38.5 Å². The maximum absolute atomic E-state index is 13.2. The summed E-state index contributed by atoms with van der Waals surface area (Å²) in [6.45, 7) is 7.49. The Kier molecular flexibility index (Phi) is 5.30. The SMILES string of the molecule is C=CC(=O)Nc1cc(-n2c(=O)ccc3cnc4ccc(-c5ccc(C)cc5)cc4c32)ccc1C. The number of hydrogen-bond donors (Lipinski definition) is 1. The van der Waals surface area contributed by atoms with Crippen LogP contribution in [0.1, 0.15) is 11.1 Å². The molecule has 5 nitrogen and oxygen atoms in total. The third-order valence-electron chi connectivity index (χ3n) is 6.02. The molecule has 0 aliphatic heterocycles. The van der Waals surface area contributed by atoms with Gasteiger partial charge in [0, 0.05) is 28.7 Å². The highest BCUT2D eigenvalue weighted by atomic mass is 16.1. The number of nitrogens with one attached hydrogen (secondary N) is 1. The maximum Gasteiger partial charge on any atom is 0.255 e. The van der Waals surface area contributed by atoms with Crippen molar-refractivity contribution in [3.05, 3.63) is 113 Å². The molecule has 0 aliphatic rings. The summed E-state index contributed by atoms with van der Waals surface area (Å²) >= 11 is 0. The summed E-state index contributed by atoms with van der Waals surface area (Å²) in [5, 5.41) is 4.56. The van der Waals surface area contributed by atoms with Gasteiger partial charge >= 0.3 is 0 Å². The van der Waals surface area contributed by atoms with Crippen LogP contribution < -0.4 is 10.9 Å². The van der Waals surface area contributed by atoms with Crippen LogP contribution in [0.25, 0.3) is 38.6 Å². The molecule has 166 valence electrons. The van der Waals surface area contributed by atoms with E-state index in [0.29, 0.717) is 11.4 Å². The van der Waals surface area contributed by atoms with Crippen LogP contribution in [0.5, 0.6) is 0 Å². The van der Waals surface area contributed by atoms with Gasteiger partial charge in [0.05, 0.1) is 16.7 Å². The number of rotatable bonds is 4. The highest BCUT2D eigenvalue weighted by Gasteiger charge is 2.13. The summed E-state index contributed by atoms with van der Waals surface area (Å²) < 4.78 is 1.68. The number of pyridine rings is 2. The van der Waals surface area contributed by atoms with Gasteiger partial charge in [-0.25, -0.2) is 0 Å². The van der Waals surface area contributed by atoms with E-state index < -0.39 is 0 Å². The first-order valence-corrected chi connectivity index (χ1v) is 11.0. The molecule has 0 atom stereocenters. The number of hydrogen-bond acceptors (Lipinski definition) is 3. The Labute approximate surface area is 197 Å². The molecule has 0 aliphatic carbocycles. The van der Waals surface area contributed by atoms with E-state index in [1.54, 1.807) is 22.9 Å². The molecule has 5 aromatic rings. The Morgan fingerprint density at radius 3 is 2.47 bits per heavy atom. The normalized spacial score (nSPS) is 11.0. The van der Waals surface area contributed by atoms with Crippen molar-refractivity contribution in [2.45, 2.75) is 13.8 Å². The summed E-state index contributed by atoms with van der Waals surface area (Å²) in [4.78, 5) is 29.7. The highest BCUT2D eigenvalue weighted by molar-refractivity contribution is 6.05. The number of aromatic nitrogens is 2. The molecule has 0 saturated carbocycles. The van der Waals surface area contributed by atoms with Crippen LogP contribution in [-0.4, -0.2) is 15.5 Å². The van der Waals surface area contributed by atoms with E-state index in [1.165, 1.54) is 11.6 Å². The molecule has 3 aromatic carbocycles. The van der Waals surface area contributed by atoms with Gasteiger partial charge in [-0.05, 0) is 66.9 Å². The first-order valence-electron chi connectivity index (χ1n) is 11.0. The molecule has 0 spiro atoms. The number of carbonyl (C=O) groups excluding carboxylic acids is 1. The lowest BCUT2D eigenvalue weighted by Crippen LogP contribution is -2.18. The van der Waals surface area contributed by atoms with Crippen molar-refractivity contribution in [1.82, 2.24) is 9.55 Å². The third-order valence-corrected chi connectivity index (χ3v) is 6.02. The fraction of sp³-hybridized carbons (Fsp3) is 0.0690. The average Bonchev–Trinajstić information content (AvgIpc) is 2.85. The average molecular weight is 446 g/mol. The van der Waals surface area contributed by atoms with E-state index in [2.05, 4.69) is 54.1 Å². The van der Waals surface area contributed by atoms with Crippen molar-refractivity contribution in [2.24, 2.45) is 0 Å². The quantitative estimate of drug-likeness (QED) is 0.275. The third kappa shape index (κ3) is 3.77. The predicted octanol–water partition coefficient (Wildman–Crippen LogP) is 5.95. The van der Waals surface area contributed by atoms with Crippen LogP contribution in [0.4, 0.5) is 5.69 Å². The Balaban J connectivity index is 1.79. The van der Waals surface area contributed by atoms with Crippen molar-refractivity contribution in [2.75, 3.05) is 5.32 Å². The Morgan fingerprint density at radius 1 is 0.941 bits per heavy atom. The van der Waals surface area contributed by atoms with Gasteiger partial charge in [0.1, 0.15) is 0 Å². The minimum atomic E-state index is -0.303. The zero-order valence-corrected chi connectivity index (χ0v) is 19.0. The van der Waals surface area contributed by atoms with Crippen molar-refractivity contribution >= 4 is 33.4 Å². The Bertz CT molecular complexity index is 1650. The van der Waals surface area contributed by atoms with E-state index in [9.17, 15) is 9.59 Å². The van der Waals surface area contributed by atoms with Gasteiger partial charge in [-0.3, -0.25) is 19.1 Å². The second-order valence-electron chi connectivity index (χ2n) is 8.36. The van der Waals surface area contributed by atoms with Crippen molar-refractivity contribution < 1.29 is 4.79 Å². The van der Waals surface area contributed by atoms with Gasteiger partial charge in [0.15, 0.2) is 0 Å². The minimum Gasteiger partial charge on any atom is -0.322 e. The standard InChI is InChI=1S/C29H23N3O2/c1-4-27(33)31-26-16-23(12-7-19(26)3)32-28(34)14-11-22-17-30-25-13-10-21(15-24(25)29(22)32)20-8-5-18(2)6-9-20/h4-17H,1H2,2-3H3,(H,31,33). The van der Waals surface area contributed by atoms with Crippen LogP contribution >= 0.6 is 0 Å². The smallest absolute Gasteiger partial charge is 0.255 e. The topological polar surface area (TPSA) is 64.0 Å². The van der Waals surface area contributed by atoms with E-state index >= 15 is 0 Å². The lowest BCUT2D eigenvalue weighted by atomic mass is 10.0. The van der Waals surface area contributed by atoms with E-state index in [4.69, 9.17) is 0 Å². The number of nitrogens with zero attached hydrogens (tertiary/aromatic N) is 2. The molecule has 2 heterocycles. The van der Waals surface area contributed by atoms with Crippen LogP contribution in [-0.2, 0) is 4.79 Å². The summed E-state index contributed by atoms with van der Waals surface area (Å²) in [5.74, 6) is -0.303. The van der Waals surface area contributed by atoms with E-state index in [1.807, 2.05) is 37.3 Å². The van der Waals surface area contributed by atoms with Crippen molar-refractivity contribution in [3.8, 4) is 16.8 Å². The van der Waals surface area contributed by atoms with Gasteiger partial charge in [0.2, 0.25) is 5.91 Å². The monoisotopic (exact) mass is 445 g/mol. The lowest BCUT2D eigenvalue weighted by molar-refractivity contribution is -0.111.